The van der Waals surface area contributed by atoms with Crippen LogP contribution in [0.1, 0.15) is 48.8 Å². The average molecular weight is 177 g/mol. The number of aryl methyl sites for hydroxylation is 1. The SMILES string of the molecule is Nn1c(C2CC2)nc2c1CCCC2. The minimum Gasteiger partial charge on any atom is -0.338 e. The van der Waals surface area contributed by atoms with Crippen LogP contribution in [0.3, 0.4) is 0 Å². The highest BCUT2D eigenvalue weighted by molar-refractivity contribution is 5.23. The van der Waals surface area contributed by atoms with E-state index in [-0.39, 0.29) is 0 Å². The van der Waals surface area contributed by atoms with Gasteiger partial charge in [-0.2, -0.15) is 0 Å². The number of hydrogen-bond donors (Lipinski definition) is 1. The van der Waals surface area contributed by atoms with Crippen molar-refractivity contribution in [1.29, 1.82) is 0 Å². The lowest BCUT2D eigenvalue weighted by Gasteiger charge is -2.10. The minimum absolute atomic E-state index is 0.676. The number of rotatable bonds is 1. The molecule has 1 saturated carbocycles. The predicted octanol–water partition coefficient (Wildman–Crippen LogP) is 1.35. The van der Waals surface area contributed by atoms with Crippen LogP contribution in [0, 0.1) is 0 Å². The second kappa shape index (κ2) is 2.50. The van der Waals surface area contributed by atoms with Crippen LogP contribution in [0.15, 0.2) is 0 Å². The molecule has 1 aromatic rings. The van der Waals surface area contributed by atoms with Gasteiger partial charge in [-0.05, 0) is 38.5 Å². The number of aromatic nitrogens is 2. The topological polar surface area (TPSA) is 43.8 Å². The maximum atomic E-state index is 6.02. The van der Waals surface area contributed by atoms with Crippen LogP contribution in [0.4, 0.5) is 0 Å². The Hall–Kier alpha value is -0.990. The van der Waals surface area contributed by atoms with Gasteiger partial charge < -0.3 is 5.84 Å². The van der Waals surface area contributed by atoms with Crippen LogP contribution in [-0.4, -0.2) is 9.66 Å². The van der Waals surface area contributed by atoms with Gasteiger partial charge in [0.2, 0.25) is 0 Å². The van der Waals surface area contributed by atoms with Crippen molar-refractivity contribution in [3.8, 4) is 0 Å². The van der Waals surface area contributed by atoms with Crippen LogP contribution >= 0.6 is 0 Å². The lowest BCUT2D eigenvalue weighted by Crippen LogP contribution is -2.17. The van der Waals surface area contributed by atoms with E-state index in [1.807, 2.05) is 4.68 Å². The molecular weight excluding hydrogens is 162 g/mol. The number of hydrogen-bond acceptors (Lipinski definition) is 2. The van der Waals surface area contributed by atoms with Gasteiger partial charge in [0, 0.05) is 5.92 Å². The summed E-state index contributed by atoms with van der Waals surface area (Å²) in [5, 5.41) is 0. The molecule has 3 rings (SSSR count). The van der Waals surface area contributed by atoms with E-state index < -0.39 is 0 Å². The molecule has 0 saturated heterocycles. The molecule has 1 heterocycles. The molecule has 0 atom stereocenters. The first-order chi connectivity index (χ1) is 6.36. The third-order valence-corrected chi connectivity index (χ3v) is 3.14. The Balaban J connectivity index is 2.06. The molecule has 2 aliphatic carbocycles. The first kappa shape index (κ1) is 7.42. The van der Waals surface area contributed by atoms with Gasteiger partial charge in [0.25, 0.3) is 0 Å². The highest BCUT2D eigenvalue weighted by Gasteiger charge is 2.31. The van der Waals surface area contributed by atoms with Gasteiger partial charge in [-0.1, -0.05) is 0 Å². The van der Waals surface area contributed by atoms with Crippen LogP contribution in [0.25, 0.3) is 0 Å². The van der Waals surface area contributed by atoms with Gasteiger partial charge in [-0.3, -0.25) is 4.68 Å². The van der Waals surface area contributed by atoms with Crippen LogP contribution in [0.5, 0.6) is 0 Å². The van der Waals surface area contributed by atoms with E-state index in [1.54, 1.807) is 0 Å². The van der Waals surface area contributed by atoms with Crippen molar-refractivity contribution in [1.82, 2.24) is 9.66 Å². The summed E-state index contributed by atoms with van der Waals surface area (Å²) in [7, 11) is 0. The van der Waals surface area contributed by atoms with Gasteiger partial charge in [0.05, 0.1) is 11.4 Å². The number of imidazole rings is 1. The van der Waals surface area contributed by atoms with Crippen molar-refractivity contribution in [2.24, 2.45) is 0 Å². The predicted molar refractivity (Wildman–Crippen MR) is 51.0 cm³/mol. The minimum atomic E-state index is 0.676. The summed E-state index contributed by atoms with van der Waals surface area (Å²) in [6, 6.07) is 0. The highest BCUT2D eigenvalue weighted by Crippen LogP contribution is 2.40. The molecule has 0 amide bonds. The molecule has 0 aromatic carbocycles. The summed E-state index contributed by atoms with van der Waals surface area (Å²) < 4.78 is 1.87. The zero-order chi connectivity index (χ0) is 8.84. The number of fused-ring (bicyclic) bond motifs is 1. The molecular formula is C10H15N3. The molecule has 3 nitrogen and oxygen atoms in total. The summed E-state index contributed by atoms with van der Waals surface area (Å²) in [5.41, 5.74) is 2.57. The van der Waals surface area contributed by atoms with Gasteiger partial charge in [0.1, 0.15) is 5.82 Å². The molecule has 3 heteroatoms. The van der Waals surface area contributed by atoms with E-state index in [9.17, 15) is 0 Å². The highest BCUT2D eigenvalue weighted by atomic mass is 15.3. The van der Waals surface area contributed by atoms with E-state index in [4.69, 9.17) is 5.84 Å². The molecule has 1 fully saturated rings. The maximum absolute atomic E-state index is 6.02. The molecule has 13 heavy (non-hydrogen) atoms. The summed E-state index contributed by atoms with van der Waals surface area (Å²) in [4.78, 5) is 4.65. The fourth-order valence-corrected chi connectivity index (χ4v) is 2.21. The first-order valence-corrected chi connectivity index (χ1v) is 5.21. The van der Waals surface area contributed by atoms with Crippen LogP contribution in [0.2, 0.25) is 0 Å². The molecule has 0 unspecified atom stereocenters. The van der Waals surface area contributed by atoms with Crippen molar-refractivity contribution in [2.45, 2.75) is 44.4 Å². The Morgan fingerprint density at radius 1 is 1.23 bits per heavy atom. The zero-order valence-electron chi connectivity index (χ0n) is 7.79. The quantitative estimate of drug-likeness (QED) is 0.658. The summed E-state index contributed by atoms with van der Waals surface area (Å²) >= 11 is 0. The lowest BCUT2D eigenvalue weighted by molar-refractivity contribution is 0.649. The molecule has 1 aromatic heterocycles. The average Bonchev–Trinajstić information content (AvgIpc) is 2.94. The van der Waals surface area contributed by atoms with E-state index in [0.717, 1.165) is 18.7 Å². The van der Waals surface area contributed by atoms with Crippen molar-refractivity contribution < 1.29 is 0 Å². The standard InChI is InChI=1S/C10H15N3/c11-13-9-4-2-1-3-8(9)12-10(13)7-5-6-7/h7H,1-6,11H2. The number of nitrogen functional groups attached to an aromatic ring is 1. The van der Waals surface area contributed by atoms with E-state index >= 15 is 0 Å². The molecule has 0 bridgehead atoms. The molecule has 0 spiro atoms. The molecule has 2 aliphatic rings. The molecule has 0 radical (unpaired) electrons. The van der Waals surface area contributed by atoms with E-state index in [0.29, 0.717) is 5.92 Å². The van der Waals surface area contributed by atoms with Gasteiger partial charge >= 0.3 is 0 Å². The van der Waals surface area contributed by atoms with Gasteiger partial charge in [-0.25, -0.2) is 4.98 Å². The Labute approximate surface area is 77.9 Å². The van der Waals surface area contributed by atoms with Crippen LogP contribution in [-0.2, 0) is 12.8 Å². The Morgan fingerprint density at radius 3 is 2.69 bits per heavy atom. The Kier molecular flexibility index (Phi) is 1.43. The number of nitrogens with zero attached hydrogens (tertiary/aromatic N) is 2. The number of nitrogens with two attached hydrogens (primary N) is 1. The normalized spacial score (nSPS) is 21.5. The lowest BCUT2D eigenvalue weighted by atomic mass is 10.0. The fraction of sp³-hybridized carbons (Fsp3) is 0.700. The Morgan fingerprint density at radius 2 is 2.00 bits per heavy atom. The second-order valence-corrected chi connectivity index (χ2v) is 4.21. The zero-order valence-corrected chi connectivity index (χ0v) is 7.79. The van der Waals surface area contributed by atoms with Crippen molar-refractivity contribution in [3.63, 3.8) is 0 Å². The van der Waals surface area contributed by atoms with Gasteiger partial charge in [0.15, 0.2) is 0 Å². The molecule has 2 N–H and O–H groups in total. The molecule has 70 valence electrons. The van der Waals surface area contributed by atoms with E-state index in [2.05, 4.69) is 4.98 Å². The first-order valence-electron chi connectivity index (χ1n) is 5.21. The van der Waals surface area contributed by atoms with Crippen molar-refractivity contribution in [2.75, 3.05) is 5.84 Å². The second-order valence-electron chi connectivity index (χ2n) is 4.21. The summed E-state index contributed by atoms with van der Waals surface area (Å²) in [6.07, 6.45) is 7.40. The summed E-state index contributed by atoms with van der Waals surface area (Å²) in [6.45, 7) is 0. The fourth-order valence-electron chi connectivity index (χ4n) is 2.21. The third-order valence-electron chi connectivity index (χ3n) is 3.14. The van der Waals surface area contributed by atoms with E-state index in [1.165, 1.54) is 37.1 Å². The van der Waals surface area contributed by atoms with Crippen molar-refractivity contribution in [3.05, 3.63) is 17.2 Å². The maximum Gasteiger partial charge on any atom is 0.130 e. The van der Waals surface area contributed by atoms with Gasteiger partial charge in [-0.15, -0.1) is 0 Å². The Bertz CT molecular complexity index is 336. The summed E-state index contributed by atoms with van der Waals surface area (Å²) in [5.74, 6) is 7.84. The monoisotopic (exact) mass is 177 g/mol. The molecule has 0 aliphatic heterocycles. The third kappa shape index (κ3) is 1.06. The smallest absolute Gasteiger partial charge is 0.130 e. The van der Waals surface area contributed by atoms with Crippen molar-refractivity contribution >= 4 is 0 Å². The largest absolute Gasteiger partial charge is 0.338 e. The van der Waals surface area contributed by atoms with Crippen LogP contribution < -0.4 is 5.84 Å².